The van der Waals surface area contributed by atoms with Crippen LogP contribution in [0.5, 0.6) is 0 Å². The highest BCUT2D eigenvalue weighted by Crippen LogP contribution is 2.20. The Balaban J connectivity index is 4.28. The van der Waals surface area contributed by atoms with Crippen molar-refractivity contribution in [2.24, 2.45) is 0 Å². The molecule has 70 valence electrons. The summed E-state index contributed by atoms with van der Waals surface area (Å²) in [6, 6.07) is 0. The molecule has 0 aromatic rings. The van der Waals surface area contributed by atoms with E-state index in [0.29, 0.717) is 0 Å². The summed E-state index contributed by atoms with van der Waals surface area (Å²) >= 11 is 4.96. The largest absolute Gasteiger partial charge is 0.462 e. The Kier molecular flexibility index (Phi) is 4.09. The predicted octanol–water partition coefficient (Wildman–Crippen LogP) is 2.23. The van der Waals surface area contributed by atoms with Gasteiger partial charge in [-0.2, -0.15) is 13.2 Å². The first-order valence-electron chi connectivity index (χ1n) is 2.99. The first-order valence-corrected chi connectivity index (χ1v) is 3.37. The Morgan fingerprint density at radius 3 is 2.42 bits per heavy atom. The molecule has 0 radical (unpaired) electrons. The second kappa shape index (κ2) is 4.35. The molecular formula is C6H6ClF3O2. The van der Waals surface area contributed by atoms with Crippen molar-refractivity contribution in [3.8, 4) is 0 Å². The Morgan fingerprint density at radius 2 is 2.08 bits per heavy atom. The number of halogens is 4. The fourth-order valence-electron chi connectivity index (χ4n) is 0.403. The van der Waals surface area contributed by atoms with E-state index in [1.807, 2.05) is 0 Å². The molecule has 0 amide bonds. The van der Waals surface area contributed by atoms with Crippen molar-refractivity contribution in [3.63, 3.8) is 0 Å². The van der Waals surface area contributed by atoms with Gasteiger partial charge in [-0.1, -0.05) is 11.6 Å². The maximum atomic E-state index is 11.5. The molecule has 0 atom stereocenters. The molecule has 0 spiro atoms. The summed E-state index contributed by atoms with van der Waals surface area (Å²) in [5.74, 6) is -1.17. The summed E-state index contributed by atoms with van der Waals surface area (Å²) in [6.45, 7) is 1.45. The zero-order chi connectivity index (χ0) is 9.78. The molecule has 0 aromatic carbocycles. The maximum Gasteiger partial charge on any atom is 0.411 e. The number of hydrogen-bond donors (Lipinski definition) is 0. The van der Waals surface area contributed by atoms with Gasteiger partial charge in [0, 0.05) is 6.08 Å². The number of carbonyl (C=O) groups is 1. The van der Waals surface area contributed by atoms with Crippen LogP contribution in [0.2, 0.25) is 0 Å². The number of rotatable bonds is 2. The van der Waals surface area contributed by atoms with Gasteiger partial charge in [-0.3, -0.25) is 0 Å². The minimum absolute atomic E-state index is 0.0131. The molecule has 12 heavy (non-hydrogen) atoms. The minimum atomic E-state index is -4.59. The van der Waals surface area contributed by atoms with E-state index in [0.717, 1.165) is 0 Å². The fourth-order valence-corrected chi connectivity index (χ4v) is 0.581. The first kappa shape index (κ1) is 11.3. The summed E-state index contributed by atoms with van der Waals surface area (Å²) in [5, 5.41) is -0.968. The van der Waals surface area contributed by atoms with E-state index in [1.165, 1.54) is 6.92 Å². The van der Waals surface area contributed by atoms with Crippen LogP contribution in [-0.4, -0.2) is 18.8 Å². The van der Waals surface area contributed by atoms with Crippen LogP contribution in [0.25, 0.3) is 0 Å². The average molecular weight is 203 g/mol. The third-order valence-electron chi connectivity index (χ3n) is 0.761. The standard InChI is InChI=1S/C6H6ClF3O2/c1-2-12-5(11)4(7)3-6(8,9)10/h3H,2H2,1H3. The van der Waals surface area contributed by atoms with Crippen LogP contribution >= 0.6 is 11.6 Å². The molecule has 0 aliphatic heterocycles. The van der Waals surface area contributed by atoms with Crippen LogP contribution in [0.4, 0.5) is 13.2 Å². The van der Waals surface area contributed by atoms with Crippen LogP contribution in [-0.2, 0) is 9.53 Å². The van der Waals surface area contributed by atoms with Gasteiger partial charge >= 0.3 is 12.1 Å². The van der Waals surface area contributed by atoms with E-state index in [1.54, 1.807) is 0 Å². The van der Waals surface area contributed by atoms with Crippen LogP contribution in [0.15, 0.2) is 11.1 Å². The van der Waals surface area contributed by atoms with Gasteiger partial charge in [-0.25, -0.2) is 4.79 Å². The number of ether oxygens (including phenoxy) is 1. The van der Waals surface area contributed by atoms with Crippen molar-refractivity contribution in [2.45, 2.75) is 13.1 Å². The third-order valence-corrected chi connectivity index (χ3v) is 1.02. The van der Waals surface area contributed by atoms with Crippen molar-refractivity contribution in [1.82, 2.24) is 0 Å². The summed E-state index contributed by atoms with van der Waals surface area (Å²) < 4.78 is 38.8. The maximum absolute atomic E-state index is 11.5. The predicted molar refractivity (Wildman–Crippen MR) is 36.6 cm³/mol. The van der Waals surface area contributed by atoms with Gasteiger partial charge < -0.3 is 4.74 Å². The van der Waals surface area contributed by atoms with E-state index in [9.17, 15) is 18.0 Å². The molecule has 0 unspecified atom stereocenters. The van der Waals surface area contributed by atoms with Crippen molar-refractivity contribution >= 4 is 17.6 Å². The van der Waals surface area contributed by atoms with Crippen molar-refractivity contribution in [2.75, 3.05) is 6.61 Å². The van der Waals surface area contributed by atoms with Crippen molar-refractivity contribution in [3.05, 3.63) is 11.1 Å². The number of carbonyl (C=O) groups excluding carboxylic acids is 1. The second-order valence-electron chi connectivity index (χ2n) is 1.75. The van der Waals surface area contributed by atoms with Gasteiger partial charge in [0.1, 0.15) is 5.03 Å². The lowest BCUT2D eigenvalue weighted by Gasteiger charge is -2.01. The van der Waals surface area contributed by atoms with E-state index in [2.05, 4.69) is 4.74 Å². The van der Waals surface area contributed by atoms with E-state index >= 15 is 0 Å². The molecule has 0 heterocycles. The summed E-state index contributed by atoms with van der Waals surface area (Å²) in [5.41, 5.74) is 0. The van der Waals surface area contributed by atoms with Gasteiger partial charge in [0.15, 0.2) is 0 Å². The van der Waals surface area contributed by atoms with E-state index in [4.69, 9.17) is 11.6 Å². The smallest absolute Gasteiger partial charge is 0.411 e. The Labute approximate surface area is 71.9 Å². The lowest BCUT2D eigenvalue weighted by Crippen LogP contribution is -2.09. The normalized spacial score (nSPS) is 12.9. The fraction of sp³-hybridized carbons (Fsp3) is 0.500. The first-order chi connectivity index (χ1) is 5.37. The average Bonchev–Trinajstić information content (AvgIpc) is 1.84. The number of hydrogen-bond acceptors (Lipinski definition) is 2. The molecule has 0 saturated heterocycles. The summed E-state index contributed by atoms with van der Waals surface area (Å²) in [4.78, 5) is 10.5. The Bertz CT molecular complexity index is 197. The molecule has 0 saturated carbocycles. The number of allylic oxidation sites excluding steroid dienone is 1. The molecule has 0 aliphatic carbocycles. The minimum Gasteiger partial charge on any atom is -0.462 e. The molecule has 2 nitrogen and oxygen atoms in total. The highest BCUT2D eigenvalue weighted by Gasteiger charge is 2.26. The monoisotopic (exact) mass is 202 g/mol. The van der Waals surface area contributed by atoms with Gasteiger partial charge in [0.2, 0.25) is 0 Å². The van der Waals surface area contributed by atoms with Gasteiger partial charge in [-0.05, 0) is 6.92 Å². The summed E-state index contributed by atoms with van der Waals surface area (Å²) in [6.07, 6.45) is -4.91. The molecule has 6 heteroatoms. The van der Waals surface area contributed by atoms with Gasteiger partial charge in [0.05, 0.1) is 6.61 Å². The van der Waals surface area contributed by atoms with Gasteiger partial charge in [0.25, 0.3) is 0 Å². The van der Waals surface area contributed by atoms with Crippen LogP contribution in [0.3, 0.4) is 0 Å². The quantitative estimate of drug-likeness (QED) is 0.507. The lowest BCUT2D eigenvalue weighted by atomic mass is 10.5. The SMILES string of the molecule is CCOC(=O)C(Cl)=CC(F)(F)F. The molecule has 0 N–H and O–H groups in total. The van der Waals surface area contributed by atoms with Crippen molar-refractivity contribution in [1.29, 1.82) is 0 Å². The second-order valence-corrected chi connectivity index (χ2v) is 2.16. The molecule has 0 aliphatic rings. The van der Waals surface area contributed by atoms with Crippen molar-refractivity contribution < 1.29 is 22.7 Å². The zero-order valence-corrected chi connectivity index (χ0v) is 6.87. The van der Waals surface area contributed by atoms with E-state index < -0.39 is 17.2 Å². The Morgan fingerprint density at radius 1 is 1.58 bits per heavy atom. The van der Waals surface area contributed by atoms with Crippen LogP contribution in [0.1, 0.15) is 6.92 Å². The molecular weight excluding hydrogens is 197 g/mol. The highest BCUT2D eigenvalue weighted by molar-refractivity contribution is 6.41. The highest BCUT2D eigenvalue weighted by atomic mass is 35.5. The molecule has 0 fully saturated rings. The number of esters is 1. The molecule has 0 rings (SSSR count). The zero-order valence-electron chi connectivity index (χ0n) is 6.11. The van der Waals surface area contributed by atoms with Crippen LogP contribution in [0, 0.1) is 0 Å². The Hall–Kier alpha value is -0.710. The topological polar surface area (TPSA) is 26.3 Å². The lowest BCUT2D eigenvalue weighted by molar-refractivity contribution is -0.138. The third kappa shape index (κ3) is 5.01. The van der Waals surface area contributed by atoms with Crippen LogP contribution < -0.4 is 0 Å². The summed E-state index contributed by atoms with van der Waals surface area (Å²) in [7, 11) is 0. The number of alkyl halides is 3. The van der Waals surface area contributed by atoms with Gasteiger partial charge in [-0.15, -0.1) is 0 Å². The molecule has 0 bridgehead atoms. The molecule has 0 aromatic heterocycles. The van der Waals surface area contributed by atoms with E-state index in [-0.39, 0.29) is 12.7 Å².